The maximum Gasteiger partial charge on any atom is 0.270 e. The van der Waals surface area contributed by atoms with E-state index in [4.69, 9.17) is 10.5 Å². The number of amides is 2. The van der Waals surface area contributed by atoms with E-state index in [-0.39, 0.29) is 23.6 Å². The molecule has 8 nitrogen and oxygen atoms in total. The highest BCUT2D eigenvalue weighted by Crippen LogP contribution is 2.44. The number of hydrogen-bond donors (Lipinski definition) is 2. The average molecular weight is 393 g/mol. The SMILES string of the molecule is NC(=O)CC1(NC(=O)c2ccc(C3CC3)c(OCC3CC3)n2)CS(=O)(=O)C1. The van der Waals surface area contributed by atoms with E-state index in [0.29, 0.717) is 24.3 Å². The number of nitrogens with one attached hydrogen (secondary N) is 1. The van der Waals surface area contributed by atoms with Crippen molar-refractivity contribution in [3.63, 3.8) is 0 Å². The molecule has 27 heavy (non-hydrogen) atoms. The standard InChI is InChI=1S/C18H23N3O5S/c19-15(22)7-18(9-27(24,25)10-18)21-16(23)14-6-5-13(12-3-4-12)17(20-14)26-8-11-1-2-11/h5-6,11-12H,1-4,7-10H2,(H2,19,22)(H,21,23). The van der Waals surface area contributed by atoms with E-state index in [2.05, 4.69) is 10.3 Å². The van der Waals surface area contributed by atoms with Crippen molar-refractivity contribution in [2.24, 2.45) is 11.7 Å². The van der Waals surface area contributed by atoms with Crippen molar-refractivity contribution >= 4 is 21.7 Å². The Morgan fingerprint density at radius 3 is 2.48 bits per heavy atom. The zero-order chi connectivity index (χ0) is 19.2. The molecule has 4 rings (SSSR count). The number of nitrogens with two attached hydrogens (primary N) is 1. The predicted molar refractivity (Wildman–Crippen MR) is 97.1 cm³/mol. The quantitative estimate of drug-likeness (QED) is 0.663. The van der Waals surface area contributed by atoms with Crippen LogP contribution in [0.2, 0.25) is 0 Å². The molecule has 2 heterocycles. The first-order valence-corrected chi connectivity index (χ1v) is 11.0. The predicted octanol–water partition coefficient (Wildman–Crippen LogP) is 0.520. The van der Waals surface area contributed by atoms with Crippen molar-refractivity contribution in [1.29, 1.82) is 0 Å². The summed E-state index contributed by atoms with van der Waals surface area (Å²) in [6.07, 6.45) is 4.27. The molecule has 9 heteroatoms. The molecule has 0 spiro atoms. The van der Waals surface area contributed by atoms with Crippen molar-refractivity contribution in [2.45, 2.75) is 43.6 Å². The van der Waals surface area contributed by atoms with Crippen LogP contribution < -0.4 is 15.8 Å². The molecule has 0 radical (unpaired) electrons. The second kappa shape index (κ2) is 6.47. The number of primary amides is 1. The first kappa shape index (κ1) is 18.2. The third kappa shape index (κ3) is 4.23. The van der Waals surface area contributed by atoms with E-state index < -0.39 is 27.2 Å². The highest BCUT2D eigenvalue weighted by molar-refractivity contribution is 7.93. The van der Waals surface area contributed by atoms with E-state index >= 15 is 0 Å². The number of sulfone groups is 1. The number of aromatic nitrogens is 1. The number of rotatable bonds is 8. The molecule has 1 saturated heterocycles. The van der Waals surface area contributed by atoms with Crippen LogP contribution in [0.25, 0.3) is 0 Å². The number of ether oxygens (including phenoxy) is 1. The van der Waals surface area contributed by atoms with Crippen LogP contribution in [0.4, 0.5) is 0 Å². The fourth-order valence-corrected chi connectivity index (χ4v) is 5.48. The summed E-state index contributed by atoms with van der Waals surface area (Å²) in [6, 6.07) is 3.48. The smallest absolute Gasteiger partial charge is 0.270 e. The van der Waals surface area contributed by atoms with E-state index in [1.807, 2.05) is 6.07 Å². The summed E-state index contributed by atoms with van der Waals surface area (Å²) in [5, 5.41) is 2.66. The summed E-state index contributed by atoms with van der Waals surface area (Å²) < 4.78 is 29.1. The molecule has 0 unspecified atom stereocenters. The van der Waals surface area contributed by atoms with Gasteiger partial charge in [0.1, 0.15) is 5.69 Å². The van der Waals surface area contributed by atoms with Crippen molar-refractivity contribution in [3.05, 3.63) is 23.4 Å². The largest absolute Gasteiger partial charge is 0.477 e. The van der Waals surface area contributed by atoms with Crippen molar-refractivity contribution in [2.75, 3.05) is 18.1 Å². The molecule has 1 aromatic rings. The van der Waals surface area contributed by atoms with Crippen LogP contribution in [-0.4, -0.2) is 48.9 Å². The average Bonchev–Trinajstić information content (AvgIpc) is 3.44. The Bertz CT molecular complexity index is 878. The van der Waals surface area contributed by atoms with Gasteiger partial charge < -0.3 is 15.8 Å². The Labute approximate surface area is 157 Å². The minimum atomic E-state index is -3.26. The van der Waals surface area contributed by atoms with Gasteiger partial charge in [-0.2, -0.15) is 0 Å². The zero-order valence-electron chi connectivity index (χ0n) is 14.9. The summed E-state index contributed by atoms with van der Waals surface area (Å²) in [7, 11) is -3.26. The molecule has 0 bridgehead atoms. The minimum absolute atomic E-state index is 0.151. The summed E-state index contributed by atoms with van der Waals surface area (Å²) in [5.41, 5.74) is 5.25. The third-order valence-electron chi connectivity index (χ3n) is 5.18. The molecule has 1 aromatic heterocycles. The monoisotopic (exact) mass is 393 g/mol. The molecule has 2 aliphatic carbocycles. The van der Waals surface area contributed by atoms with Gasteiger partial charge in [0.2, 0.25) is 11.8 Å². The van der Waals surface area contributed by atoms with E-state index in [0.717, 1.165) is 31.2 Å². The highest BCUT2D eigenvalue weighted by Gasteiger charge is 2.50. The van der Waals surface area contributed by atoms with Crippen LogP contribution in [0, 0.1) is 5.92 Å². The highest BCUT2D eigenvalue weighted by atomic mass is 32.2. The van der Waals surface area contributed by atoms with Gasteiger partial charge in [0, 0.05) is 5.56 Å². The number of nitrogens with zero attached hydrogens (tertiary/aromatic N) is 1. The van der Waals surface area contributed by atoms with Gasteiger partial charge >= 0.3 is 0 Å². The molecule has 3 aliphatic rings. The first-order chi connectivity index (χ1) is 12.8. The van der Waals surface area contributed by atoms with Crippen molar-refractivity contribution < 1.29 is 22.7 Å². The van der Waals surface area contributed by atoms with Crippen molar-refractivity contribution in [3.8, 4) is 5.88 Å². The molecular formula is C18H23N3O5S. The fourth-order valence-electron chi connectivity index (χ4n) is 3.54. The number of carbonyl (C=O) groups is 2. The third-order valence-corrected chi connectivity index (χ3v) is 7.16. The molecule has 2 saturated carbocycles. The molecule has 2 amide bonds. The molecule has 3 fully saturated rings. The maximum atomic E-state index is 12.7. The first-order valence-electron chi connectivity index (χ1n) is 9.20. The van der Waals surface area contributed by atoms with E-state index in [1.54, 1.807) is 6.07 Å². The van der Waals surface area contributed by atoms with Gasteiger partial charge in [-0.25, -0.2) is 13.4 Å². The second-order valence-electron chi connectivity index (χ2n) is 8.03. The lowest BCUT2D eigenvalue weighted by molar-refractivity contribution is -0.119. The summed E-state index contributed by atoms with van der Waals surface area (Å²) in [5.74, 6) is -0.278. The number of hydrogen-bond acceptors (Lipinski definition) is 6. The fraction of sp³-hybridized carbons (Fsp3) is 0.611. The summed E-state index contributed by atoms with van der Waals surface area (Å²) >= 11 is 0. The molecule has 0 atom stereocenters. The maximum absolute atomic E-state index is 12.7. The van der Waals surface area contributed by atoms with Crippen LogP contribution in [0.5, 0.6) is 5.88 Å². The van der Waals surface area contributed by atoms with Gasteiger partial charge in [0.25, 0.3) is 5.91 Å². The minimum Gasteiger partial charge on any atom is -0.477 e. The van der Waals surface area contributed by atoms with Crippen molar-refractivity contribution in [1.82, 2.24) is 10.3 Å². The topological polar surface area (TPSA) is 128 Å². The lowest BCUT2D eigenvalue weighted by atomic mass is 9.98. The lowest BCUT2D eigenvalue weighted by Gasteiger charge is -2.40. The Balaban J connectivity index is 1.51. The van der Waals surface area contributed by atoms with Gasteiger partial charge in [0.05, 0.1) is 30.1 Å². The normalized spacial score (nSPS) is 22.5. The number of carbonyl (C=O) groups excluding carboxylic acids is 2. The Kier molecular flexibility index (Phi) is 4.37. The molecular weight excluding hydrogens is 370 g/mol. The Morgan fingerprint density at radius 1 is 1.22 bits per heavy atom. The van der Waals surface area contributed by atoms with E-state index in [9.17, 15) is 18.0 Å². The van der Waals surface area contributed by atoms with Crippen LogP contribution in [0.3, 0.4) is 0 Å². The van der Waals surface area contributed by atoms with Gasteiger partial charge in [-0.05, 0) is 43.6 Å². The zero-order valence-corrected chi connectivity index (χ0v) is 15.8. The van der Waals surface area contributed by atoms with Crippen LogP contribution in [0.15, 0.2) is 12.1 Å². The molecule has 1 aliphatic heterocycles. The summed E-state index contributed by atoms with van der Waals surface area (Å²) in [4.78, 5) is 28.4. The van der Waals surface area contributed by atoms with Crippen LogP contribution in [0.1, 0.15) is 54.1 Å². The van der Waals surface area contributed by atoms with E-state index in [1.165, 1.54) is 0 Å². The molecule has 3 N–H and O–H groups in total. The Morgan fingerprint density at radius 2 is 1.93 bits per heavy atom. The van der Waals surface area contributed by atoms with Gasteiger partial charge in [-0.15, -0.1) is 0 Å². The van der Waals surface area contributed by atoms with Gasteiger partial charge in [-0.1, -0.05) is 6.07 Å². The van der Waals surface area contributed by atoms with Gasteiger partial charge in [-0.3, -0.25) is 9.59 Å². The summed E-state index contributed by atoms with van der Waals surface area (Å²) in [6.45, 7) is 0.599. The molecule has 0 aromatic carbocycles. The van der Waals surface area contributed by atoms with Gasteiger partial charge in [0.15, 0.2) is 9.84 Å². The van der Waals surface area contributed by atoms with Crippen LogP contribution in [-0.2, 0) is 14.6 Å². The lowest BCUT2D eigenvalue weighted by Crippen LogP contribution is -2.66. The Hall–Kier alpha value is -2.16. The molecule has 146 valence electrons. The van der Waals surface area contributed by atoms with Crippen LogP contribution >= 0.6 is 0 Å². The number of pyridine rings is 1. The second-order valence-corrected chi connectivity index (χ2v) is 10.1.